The molecule has 0 spiro atoms. The lowest BCUT2D eigenvalue weighted by Crippen LogP contribution is -2.14. The predicted molar refractivity (Wildman–Crippen MR) is 69.6 cm³/mol. The third-order valence-electron chi connectivity index (χ3n) is 2.39. The van der Waals surface area contributed by atoms with Gasteiger partial charge < -0.3 is 10.4 Å². The number of hydrogen-bond donors (Lipinski definition) is 2. The fourth-order valence-corrected chi connectivity index (χ4v) is 1.66. The zero-order valence-electron chi connectivity index (χ0n) is 9.43. The number of para-hydroxylation sites is 1. The lowest BCUT2D eigenvalue weighted by molar-refractivity contribution is 0.102. The molecule has 0 atom stereocenters. The van der Waals surface area contributed by atoms with Gasteiger partial charge in [0.05, 0.1) is 6.61 Å². The second-order valence-corrected chi connectivity index (χ2v) is 4.07. The second kappa shape index (κ2) is 5.62. The van der Waals surface area contributed by atoms with Gasteiger partial charge in [-0.2, -0.15) is 0 Å². The van der Waals surface area contributed by atoms with Crippen molar-refractivity contribution in [3.63, 3.8) is 0 Å². The van der Waals surface area contributed by atoms with Crippen molar-refractivity contribution >= 4 is 23.2 Å². The number of nitrogens with zero attached hydrogens (tertiary/aromatic N) is 1. The first kappa shape index (κ1) is 12.5. The van der Waals surface area contributed by atoms with Crippen LogP contribution in [0, 0.1) is 0 Å². The fraction of sp³-hybridized carbons (Fsp3) is 0.0769. The molecule has 0 fully saturated rings. The Morgan fingerprint density at radius 1 is 1.33 bits per heavy atom. The molecular weight excluding hydrogens is 252 g/mol. The molecule has 0 aliphatic rings. The molecule has 0 saturated heterocycles. The van der Waals surface area contributed by atoms with Crippen molar-refractivity contribution in [1.82, 2.24) is 4.98 Å². The van der Waals surface area contributed by atoms with Gasteiger partial charge in [-0.25, -0.2) is 0 Å². The van der Waals surface area contributed by atoms with Crippen LogP contribution < -0.4 is 5.32 Å². The molecule has 1 aromatic carbocycles. The summed E-state index contributed by atoms with van der Waals surface area (Å²) in [5, 5.41) is 12.3. The van der Waals surface area contributed by atoms with Crippen LogP contribution in [0.25, 0.3) is 0 Å². The van der Waals surface area contributed by atoms with Gasteiger partial charge >= 0.3 is 0 Å². The van der Waals surface area contributed by atoms with Crippen LogP contribution in [0.1, 0.15) is 16.1 Å². The number of aromatic nitrogens is 1. The Balaban J connectivity index is 2.21. The van der Waals surface area contributed by atoms with Gasteiger partial charge in [0, 0.05) is 22.5 Å². The molecule has 0 saturated carbocycles. The number of halogens is 1. The molecule has 18 heavy (non-hydrogen) atoms. The minimum Gasteiger partial charge on any atom is -0.392 e. The Hall–Kier alpha value is -1.91. The molecule has 0 aliphatic carbocycles. The van der Waals surface area contributed by atoms with E-state index in [0.717, 1.165) is 0 Å². The molecule has 0 bridgehead atoms. The monoisotopic (exact) mass is 262 g/mol. The highest BCUT2D eigenvalue weighted by Crippen LogP contribution is 2.16. The largest absolute Gasteiger partial charge is 0.392 e. The van der Waals surface area contributed by atoms with Crippen LogP contribution in [0.2, 0.25) is 5.02 Å². The van der Waals surface area contributed by atoms with Crippen LogP contribution in [0.15, 0.2) is 42.6 Å². The first-order valence-electron chi connectivity index (χ1n) is 5.32. The van der Waals surface area contributed by atoms with Crippen LogP contribution >= 0.6 is 11.6 Å². The number of benzene rings is 1. The summed E-state index contributed by atoms with van der Waals surface area (Å²) < 4.78 is 0. The smallest absolute Gasteiger partial charge is 0.274 e. The fourth-order valence-electron chi connectivity index (χ4n) is 1.50. The van der Waals surface area contributed by atoms with Gasteiger partial charge in [-0.05, 0) is 18.2 Å². The highest BCUT2D eigenvalue weighted by atomic mass is 35.5. The maximum atomic E-state index is 11.9. The molecule has 0 radical (unpaired) electrons. The van der Waals surface area contributed by atoms with Gasteiger partial charge in [0.15, 0.2) is 0 Å². The summed E-state index contributed by atoms with van der Waals surface area (Å²) in [6.45, 7) is -0.139. The van der Waals surface area contributed by atoms with Crippen LogP contribution in [0.3, 0.4) is 0 Å². The van der Waals surface area contributed by atoms with Gasteiger partial charge in [0.25, 0.3) is 5.91 Å². The maximum Gasteiger partial charge on any atom is 0.274 e. The van der Waals surface area contributed by atoms with Crippen LogP contribution in [0.4, 0.5) is 5.69 Å². The summed E-state index contributed by atoms with van der Waals surface area (Å²) in [5.74, 6) is -0.363. The molecule has 2 rings (SSSR count). The van der Waals surface area contributed by atoms with E-state index in [9.17, 15) is 4.79 Å². The van der Waals surface area contributed by atoms with Crippen molar-refractivity contribution in [3.05, 3.63) is 58.9 Å². The minimum atomic E-state index is -0.363. The third-order valence-corrected chi connectivity index (χ3v) is 2.63. The van der Waals surface area contributed by atoms with Crippen molar-refractivity contribution in [2.24, 2.45) is 0 Å². The van der Waals surface area contributed by atoms with Crippen molar-refractivity contribution in [1.29, 1.82) is 0 Å². The molecule has 1 amide bonds. The molecule has 1 aromatic heterocycles. The predicted octanol–water partition coefficient (Wildman–Crippen LogP) is 2.48. The molecule has 2 N–H and O–H groups in total. The van der Waals surface area contributed by atoms with Crippen LogP contribution in [-0.4, -0.2) is 16.0 Å². The maximum absolute atomic E-state index is 11.9. The number of hydrogen-bond acceptors (Lipinski definition) is 3. The second-order valence-electron chi connectivity index (χ2n) is 3.63. The quantitative estimate of drug-likeness (QED) is 0.893. The van der Waals surface area contributed by atoms with E-state index < -0.39 is 0 Å². The van der Waals surface area contributed by atoms with E-state index in [1.807, 2.05) is 0 Å². The molecule has 2 aromatic rings. The Bertz CT molecular complexity index is 572. The molecule has 4 nitrogen and oxygen atoms in total. The van der Waals surface area contributed by atoms with E-state index in [1.54, 1.807) is 30.3 Å². The Labute approximate surface area is 109 Å². The number of aliphatic hydroxyl groups is 1. The lowest BCUT2D eigenvalue weighted by Gasteiger charge is -2.08. The standard InChI is InChI=1S/C13H11ClN2O2/c14-10-5-6-15-12(7-10)13(18)16-11-4-2-1-3-9(11)8-17/h1-7,17H,8H2,(H,16,18). The summed E-state index contributed by atoms with van der Waals surface area (Å²) in [6.07, 6.45) is 1.47. The molecule has 1 heterocycles. The van der Waals surface area contributed by atoms with Crippen molar-refractivity contribution in [2.75, 3.05) is 5.32 Å². The van der Waals surface area contributed by atoms with E-state index in [0.29, 0.717) is 16.3 Å². The van der Waals surface area contributed by atoms with E-state index in [1.165, 1.54) is 12.3 Å². The number of nitrogens with one attached hydrogen (secondary N) is 1. The number of aliphatic hydroxyl groups excluding tert-OH is 1. The Morgan fingerprint density at radius 3 is 2.83 bits per heavy atom. The van der Waals surface area contributed by atoms with Crippen LogP contribution in [0.5, 0.6) is 0 Å². The first-order valence-corrected chi connectivity index (χ1v) is 5.70. The van der Waals surface area contributed by atoms with E-state index >= 15 is 0 Å². The summed E-state index contributed by atoms with van der Waals surface area (Å²) in [4.78, 5) is 15.9. The van der Waals surface area contributed by atoms with Crippen LogP contribution in [-0.2, 0) is 6.61 Å². The number of carbonyl (C=O) groups is 1. The zero-order chi connectivity index (χ0) is 13.0. The SMILES string of the molecule is O=C(Nc1ccccc1CO)c1cc(Cl)ccn1. The highest BCUT2D eigenvalue weighted by molar-refractivity contribution is 6.30. The summed E-state index contributed by atoms with van der Waals surface area (Å²) in [5.41, 5.74) is 1.44. The molecule has 92 valence electrons. The minimum absolute atomic E-state index is 0.139. The molecule has 0 unspecified atom stereocenters. The number of rotatable bonds is 3. The van der Waals surface area contributed by atoms with Crippen molar-refractivity contribution in [3.8, 4) is 0 Å². The molecular formula is C13H11ClN2O2. The van der Waals surface area contributed by atoms with E-state index in [2.05, 4.69) is 10.3 Å². The van der Waals surface area contributed by atoms with E-state index in [-0.39, 0.29) is 18.2 Å². The number of carbonyl (C=O) groups excluding carboxylic acids is 1. The highest BCUT2D eigenvalue weighted by Gasteiger charge is 2.09. The average Bonchev–Trinajstić information content (AvgIpc) is 2.39. The van der Waals surface area contributed by atoms with Gasteiger partial charge in [0.1, 0.15) is 5.69 Å². The molecule has 5 heteroatoms. The van der Waals surface area contributed by atoms with Gasteiger partial charge in [-0.3, -0.25) is 9.78 Å². The summed E-state index contributed by atoms with van der Waals surface area (Å²) in [6, 6.07) is 10.1. The average molecular weight is 263 g/mol. The summed E-state index contributed by atoms with van der Waals surface area (Å²) >= 11 is 5.79. The van der Waals surface area contributed by atoms with E-state index in [4.69, 9.17) is 16.7 Å². The van der Waals surface area contributed by atoms with Gasteiger partial charge in [-0.1, -0.05) is 29.8 Å². The summed E-state index contributed by atoms with van der Waals surface area (Å²) in [7, 11) is 0. The Morgan fingerprint density at radius 2 is 2.11 bits per heavy atom. The molecule has 0 aliphatic heterocycles. The zero-order valence-corrected chi connectivity index (χ0v) is 10.2. The van der Waals surface area contributed by atoms with Gasteiger partial charge in [0.2, 0.25) is 0 Å². The lowest BCUT2D eigenvalue weighted by atomic mass is 10.2. The van der Waals surface area contributed by atoms with Crippen molar-refractivity contribution < 1.29 is 9.90 Å². The number of anilines is 1. The van der Waals surface area contributed by atoms with Crippen molar-refractivity contribution in [2.45, 2.75) is 6.61 Å². The Kier molecular flexibility index (Phi) is 3.92. The number of pyridine rings is 1. The first-order chi connectivity index (χ1) is 8.70. The topological polar surface area (TPSA) is 62.2 Å². The third kappa shape index (κ3) is 2.85. The normalized spacial score (nSPS) is 10.1. The van der Waals surface area contributed by atoms with Gasteiger partial charge in [-0.15, -0.1) is 0 Å². The number of amides is 1.